The van der Waals surface area contributed by atoms with Gasteiger partial charge in [0.25, 0.3) is 0 Å². The third-order valence-corrected chi connectivity index (χ3v) is 2.79. The van der Waals surface area contributed by atoms with E-state index in [9.17, 15) is 4.79 Å². The Labute approximate surface area is 60.6 Å². The van der Waals surface area contributed by atoms with Gasteiger partial charge in [0.2, 0.25) is 0 Å². The summed E-state index contributed by atoms with van der Waals surface area (Å²) in [6, 6.07) is 0. The average Bonchev–Trinajstić information content (AvgIpc) is 2.45. The van der Waals surface area contributed by atoms with Crippen LogP contribution in [0, 0.1) is 17.8 Å². The minimum atomic E-state index is 0.403. The van der Waals surface area contributed by atoms with Crippen LogP contribution < -0.4 is 0 Å². The van der Waals surface area contributed by atoms with Crippen LogP contribution in [0.25, 0.3) is 0 Å². The van der Waals surface area contributed by atoms with Crippen LogP contribution in [-0.2, 0) is 9.53 Å². The number of Topliss-reactive ketones (excluding diaryl/α,β-unsaturated/α-hetero) is 1. The molecule has 0 aromatic heterocycles. The van der Waals surface area contributed by atoms with Gasteiger partial charge in [0, 0.05) is 26.1 Å². The van der Waals surface area contributed by atoms with E-state index in [4.69, 9.17) is 4.74 Å². The van der Waals surface area contributed by atoms with Gasteiger partial charge in [0.05, 0.1) is 0 Å². The van der Waals surface area contributed by atoms with E-state index < -0.39 is 0 Å². The lowest BCUT2D eigenvalue weighted by atomic mass is 10.1. The van der Waals surface area contributed by atoms with Gasteiger partial charge in [-0.15, -0.1) is 0 Å². The number of ketones is 1. The van der Waals surface area contributed by atoms with Gasteiger partial charge in [-0.2, -0.15) is 0 Å². The highest BCUT2D eigenvalue weighted by Crippen LogP contribution is 2.55. The highest BCUT2D eigenvalue weighted by Gasteiger charge is 2.57. The molecule has 0 bridgehead atoms. The van der Waals surface area contributed by atoms with Gasteiger partial charge >= 0.3 is 0 Å². The van der Waals surface area contributed by atoms with Gasteiger partial charge in [-0.1, -0.05) is 0 Å². The molecule has 0 heterocycles. The summed E-state index contributed by atoms with van der Waals surface area (Å²) >= 11 is 0. The van der Waals surface area contributed by atoms with Crippen molar-refractivity contribution < 1.29 is 9.53 Å². The van der Waals surface area contributed by atoms with Crippen LogP contribution in [0.2, 0.25) is 0 Å². The maximum Gasteiger partial charge on any atom is 0.136 e. The second kappa shape index (κ2) is 2.06. The Morgan fingerprint density at radius 1 is 1.70 bits per heavy atom. The molecule has 0 N–H and O–H groups in total. The molecular formula is C8H12O2. The third kappa shape index (κ3) is 0.717. The van der Waals surface area contributed by atoms with E-state index in [2.05, 4.69) is 0 Å². The highest BCUT2D eigenvalue weighted by molar-refractivity contribution is 5.87. The second-order valence-corrected chi connectivity index (χ2v) is 3.31. The first-order valence-corrected chi connectivity index (χ1v) is 3.86. The minimum Gasteiger partial charge on any atom is -0.384 e. The number of hydrogen-bond donors (Lipinski definition) is 0. The molecular weight excluding hydrogens is 128 g/mol. The molecule has 56 valence electrons. The van der Waals surface area contributed by atoms with Crippen LogP contribution in [0.5, 0.6) is 0 Å². The molecule has 2 aliphatic rings. The maximum absolute atomic E-state index is 11.0. The summed E-state index contributed by atoms with van der Waals surface area (Å²) in [5.41, 5.74) is 0. The normalized spacial score (nSPS) is 43.7. The third-order valence-electron chi connectivity index (χ3n) is 2.79. The van der Waals surface area contributed by atoms with E-state index in [0.717, 1.165) is 19.4 Å². The Kier molecular flexibility index (Phi) is 1.31. The standard InChI is InChI=1S/C8H12O2/c1-10-4-6-5-2-3-7(9)8(5)6/h5-6,8H,2-4H2,1H3/t5-,6+,8+/m0/s1. The lowest BCUT2D eigenvalue weighted by Gasteiger charge is -1.98. The largest absolute Gasteiger partial charge is 0.384 e. The fourth-order valence-electron chi connectivity index (χ4n) is 2.21. The SMILES string of the molecule is COC[C@@H]1[C@@H]2CCC(=O)[C@@H]12. The zero-order chi connectivity index (χ0) is 7.14. The molecule has 0 spiro atoms. The predicted octanol–water partition coefficient (Wildman–Crippen LogP) is 0.858. The highest BCUT2D eigenvalue weighted by atomic mass is 16.5. The van der Waals surface area contributed by atoms with E-state index in [-0.39, 0.29) is 0 Å². The van der Waals surface area contributed by atoms with Crippen LogP contribution in [0.4, 0.5) is 0 Å². The second-order valence-electron chi connectivity index (χ2n) is 3.31. The van der Waals surface area contributed by atoms with E-state index >= 15 is 0 Å². The Balaban J connectivity index is 1.92. The molecule has 2 saturated carbocycles. The average molecular weight is 140 g/mol. The number of rotatable bonds is 2. The van der Waals surface area contributed by atoms with Gasteiger partial charge in [0.1, 0.15) is 5.78 Å². The van der Waals surface area contributed by atoms with Crippen molar-refractivity contribution in [1.29, 1.82) is 0 Å². The number of carbonyl (C=O) groups excluding carboxylic acids is 1. The first-order valence-electron chi connectivity index (χ1n) is 3.86. The van der Waals surface area contributed by atoms with Gasteiger partial charge in [-0.25, -0.2) is 0 Å². The van der Waals surface area contributed by atoms with Crippen molar-refractivity contribution in [2.45, 2.75) is 12.8 Å². The number of methoxy groups -OCH3 is 1. The molecule has 2 heteroatoms. The zero-order valence-corrected chi connectivity index (χ0v) is 6.17. The quantitative estimate of drug-likeness (QED) is 0.568. The summed E-state index contributed by atoms with van der Waals surface area (Å²) in [4.78, 5) is 11.0. The lowest BCUT2D eigenvalue weighted by molar-refractivity contribution is -0.119. The topological polar surface area (TPSA) is 26.3 Å². The summed E-state index contributed by atoms with van der Waals surface area (Å²) in [5, 5.41) is 0. The number of fused-ring (bicyclic) bond motifs is 1. The Hall–Kier alpha value is -0.370. The molecule has 10 heavy (non-hydrogen) atoms. The van der Waals surface area contributed by atoms with Crippen LogP contribution in [-0.4, -0.2) is 19.5 Å². The van der Waals surface area contributed by atoms with E-state index in [1.807, 2.05) is 0 Å². The summed E-state index contributed by atoms with van der Waals surface area (Å²) < 4.78 is 5.00. The van der Waals surface area contributed by atoms with E-state index in [1.54, 1.807) is 7.11 Å². The van der Waals surface area contributed by atoms with Crippen LogP contribution in [0.15, 0.2) is 0 Å². The first-order chi connectivity index (χ1) is 4.84. The molecule has 2 rings (SSSR count). The molecule has 2 aliphatic carbocycles. The van der Waals surface area contributed by atoms with Gasteiger partial charge in [0.15, 0.2) is 0 Å². The smallest absolute Gasteiger partial charge is 0.136 e. The summed E-state index contributed by atoms with van der Waals surface area (Å²) in [5.74, 6) is 2.17. The van der Waals surface area contributed by atoms with Crippen molar-refractivity contribution in [1.82, 2.24) is 0 Å². The molecule has 0 saturated heterocycles. The van der Waals surface area contributed by atoms with Gasteiger partial charge in [-0.3, -0.25) is 4.79 Å². The number of ether oxygens (including phenoxy) is 1. The van der Waals surface area contributed by atoms with Crippen LogP contribution >= 0.6 is 0 Å². The zero-order valence-electron chi connectivity index (χ0n) is 6.17. The molecule has 0 aliphatic heterocycles. The molecule has 2 fully saturated rings. The van der Waals surface area contributed by atoms with Crippen molar-refractivity contribution in [3.63, 3.8) is 0 Å². The van der Waals surface area contributed by atoms with Gasteiger partial charge in [-0.05, 0) is 18.3 Å². The summed E-state index contributed by atoms with van der Waals surface area (Å²) in [6.45, 7) is 0.793. The van der Waals surface area contributed by atoms with Crippen molar-refractivity contribution in [3.8, 4) is 0 Å². The molecule has 0 aromatic rings. The monoisotopic (exact) mass is 140 g/mol. The summed E-state index contributed by atoms with van der Waals surface area (Å²) in [7, 11) is 1.71. The molecule has 3 atom stereocenters. The van der Waals surface area contributed by atoms with Crippen molar-refractivity contribution in [2.24, 2.45) is 17.8 Å². The van der Waals surface area contributed by atoms with E-state index in [0.29, 0.717) is 23.5 Å². The summed E-state index contributed by atoms with van der Waals surface area (Å²) in [6.07, 6.45) is 1.95. The predicted molar refractivity (Wildman–Crippen MR) is 36.6 cm³/mol. The number of carbonyl (C=O) groups is 1. The van der Waals surface area contributed by atoms with Crippen LogP contribution in [0.3, 0.4) is 0 Å². The maximum atomic E-state index is 11.0. The minimum absolute atomic E-state index is 0.403. The number of hydrogen-bond acceptors (Lipinski definition) is 2. The Morgan fingerprint density at radius 3 is 3.00 bits per heavy atom. The molecule has 0 aromatic carbocycles. The fraction of sp³-hybridized carbons (Fsp3) is 0.875. The van der Waals surface area contributed by atoms with Crippen molar-refractivity contribution in [2.75, 3.05) is 13.7 Å². The van der Waals surface area contributed by atoms with Crippen molar-refractivity contribution in [3.05, 3.63) is 0 Å². The van der Waals surface area contributed by atoms with Crippen molar-refractivity contribution >= 4 is 5.78 Å². The Morgan fingerprint density at radius 2 is 2.50 bits per heavy atom. The molecule has 0 radical (unpaired) electrons. The molecule has 2 nitrogen and oxygen atoms in total. The Bertz CT molecular complexity index is 165. The van der Waals surface area contributed by atoms with Crippen LogP contribution in [0.1, 0.15) is 12.8 Å². The molecule has 0 unspecified atom stereocenters. The first kappa shape index (κ1) is 6.35. The lowest BCUT2D eigenvalue weighted by Crippen LogP contribution is -2.03. The van der Waals surface area contributed by atoms with Gasteiger partial charge < -0.3 is 4.74 Å². The molecule has 0 amide bonds. The van der Waals surface area contributed by atoms with E-state index in [1.165, 1.54) is 0 Å². The fourth-order valence-corrected chi connectivity index (χ4v) is 2.21.